The van der Waals surface area contributed by atoms with E-state index in [4.69, 9.17) is 14.2 Å². The fourth-order valence-corrected chi connectivity index (χ4v) is 8.17. The summed E-state index contributed by atoms with van der Waals surface area (Å²) >= 11 is 0. The first-order valence-electron chi connectivity index (χ1n) is 14.3. The summed E-state index contributed by atoms with van der Waals surface area (Å²) in [5, 5.41) is 13.9. The number of nitrogens with one attached hydrogen (secondary N) is 1. The Hall–Kier alpha value is -2.64. The molecule has 1 aliphatic heterocycles. The first-order chi connectivity index (χ1) is 18.9. The lowest BCUT2D eigenvalue weighted by atomic mass is 9.89. The number of phenolic OH excluding ortho intramolecular Hbond substituents is 1. The van der Waals surface area contributed by atoms with Gasteiger partial charge >= 0.3 is 17.9 Å². The van der Waals surface area contributed by atoms with E-state index in [1.807, 2.05) is 20.8 Å². The molecule has 10 heteroatoms. The van der Waals surface area contributed by atoms with Crippen molar-refractivity contribution in [3.8, 4) is 5.75 Å². The van der Waals surface area contributed by atoms with Crippen LogP contribution in [0.4, 0.5) is 0 Å². The van der Waals surface area contributed by atoms with Gasteiger partial charge in [0.15, 0.2) is 0 Å². The van der Waals surface area contributed by atoms with Crippen molar-refractivity contribution in [3.05, 3.63) is 39.5 Å². The molecule has 0 amide bonds. The highest BCUT2D eigenvalue weighted by atomic mass is 31.2. The first kappa shape index (κ1) is 33.6. The molecule has 0 radical (unpaired) electrons. The van der Waals surface area contributed by atoms with Gasteiger partial charge in [-0.2, -0.15) is 0 Å². The number of hydrogen-bond donors (Lipinski definition) is 2. The predicted molar refractivity (Wildman–Crippen MR) is 155 cm³/mol. The number of carbonyl (C=O) groups is 3. The van der Waals surface area contributed by atoms with Crippen molar-refractivity contribution < 1.29 is 38.3 Å². The summed E-state index contributed by atoms with van der Waals surface area (Å²) in [7, 11) is -3.09. The predicted octanol–water partition coefficient (Wildman–Crippen LogP) is 5.61. The minimum Gasteiger partial charge on any atom is -0.507 e. The van der Waals surface area contributed by atoms with Crippen LogP contribution < -0.4 is 5.09 Å². The zero-order valence-electron chi connectivity index (χ0n) is 25.1. The number of rotatable bonds is 16. The van der Waals surface area contributed by atoms with E-state index >= 15 is 0 Å². The summed E-state index contributed by atoms with van der Waals surface area (Å²) in [6.45, 7) is 13.4. The molecule has 0 saturated carbocycles. The van der Waals surface area contributed by atoms with Crippen LogP contribution in [0.5, 0.6) is 5.75 Å². The third-order valence-electron chi connectivity index (χ3n) is 7.32. The van der Waals surface area contributed by atoms with E-state index in [0.29, 0.717) is 19.0 Å². The van der Waals surface area contributed by atoms with Crippen molar-refractivity contribution in [1.82, 2.24) is 5.09 Å². The lowest BCUT2D eigenvalue weighted by Crippen LogP contribution is -2.36. The Morgan fingerprint density at radius 1 is 1.10 bits per heavy atom. The molecule has 0 aromatic heterocycles. The molecule has 1 aromatic carbocycles. The minimum absolute atomic E-state index is 0.0162. The average molecular weight is 580 g/mol. The molecular weight excluding hydrogens is 533 g/mol. The van der Waals surface area contributed by atoms with Gasteiger partial charge in [0.1, 0.15) is 31.3 Å². The van der Waals surface area contributed by atoms with Crippen LogP contribution in [0.2, 0.25) is 0 Å². The van der Waals surface area contributed by atoms with Gasteiger partial charge in [-0.15, -0.1) is 0 Å². The van der Waals surface area contributed by atoms with Crippen molar-refractivity contribution in [1.29, 1.82) is 0 Å². The lowest BCUT2D eigenvalue weighted by Gasteiger charge is -2.25. The van der Waals surface area contributed by atoms with Gasteiger partial charge < -0.3 is 23.9 Å². The maximum Gasteiger partial charge on any atom is 0.342 e. The van der Waals surface area contributed by atoms with Crippen molar-refractivity contribution in [2.24, 2.45) is 5.92 Å². The normalized spacial score (nSPS) is 16.1. The lowest BCUT2D eigenvalue weighted by molar-refractivity contribution is -0.146. The number of allylic oxidation sites excluding steroid dienone is 2. The van der Waals surface area contributed by atoms with Crippen LogP contribution in [0.1, 0.15) is 93.4 Å². The maximum absolute atomic E-state index is 13.9. The summed E-state index contributed by atoms with van der Waals surface area (Å²) in [6, 6.07) is -0.754. The third kappa shape index (κ3) is 8.68. The van der Waals surface area contributed by atoms with Gasteiger partial charge in [-0.05, 0) is 77.8 Å². The minimum atomic E-state index is -3.09. The van der Waals surface area contributed by atoms with Crippen molar-refractivity contribution in [3.63, 3.8) is 0 Å². The molecule has 9 nitrogen and oxygen atoms in total. The summed E-state index contributed by atoms with van der Waals surface area (Å²) in [5.74, 6) is -1.91. The second-order valence-electron chi connectivity index (χ2n) is 10.5. The van der Waals surface area contributed by atoms with E-state index in [0.717, 1.165) is 47.1 Å². The molecule has 0 aliphatic carbocycles. The van der Waals surface area contributed by atoms with Gasteiger partial charge in [-0.1, -0.05) is 25.5 Å². The summed E-state index contributed by atoms with van der Waals surface area (Å²) in [4.78, 5) is 36.6. The van der Waals surface area contributed by atoms with Gasteiger partial charge in [0.2, 0.25) is 0 Å². The van der Waals surface area contributed by atoms with Crippen LogP contribution in [0.15, 0.2) is 11.6 Å². The number of ether oxygens (including phenoxy) is 3. The van der Waals surface area contributed by atoms with Gasteiger partial charge in [0.05, 0.1) is 19.1 Å². The third-order valence-corrected chi connectivity index (χ3v) is 10.4. The topological polar surface area (TPSA) is 128 Å². The number of unbranched alkanes of at least 4 members (excludes halogenated alkanes) is 1. The molecule has 0 saturated heterocycles. The summed E-state index contributed by atoms with van der Waals surface area (Å²) in [5.41, 5.74) is 4.97. The zero-order valence-corrected chi connectivity index (χ0v) is 25.9. The van der Waals surface area contributed by atoms with E-state index < -0.39 is 37.2 Å². The van der Waals surface area contributed by atoms with E-state index in [-0.39, 0.29) is 37.3 Å². The van der Waals surface area contributed by atoms with Crippen molar-refractivity contribution in [2.45, 2.75) is 93.2 Å². The Morgan fingerprint density at radius 2 is 1.75 bits per heavy atom. The Bertz CT molecular complexity index is 1130. The van der Waals surface area contributed by atoms with Crippen molar-refractivity contribution in [2.75, 3.05) is 25.5 Å². The largest absolute Gasteiger partial charge is 0.507 e. The monoisotopic (exact) mass is 579 g/mol. The van der Waals surface area contributed by atoms with Gasteiger partial charge in [-0.25, -0.2) is 4.79 Å². The van der Waals surface area contributed by atoms with Crippen molar-refractivity contribution >= 4 is 25.2 Å². The number of aromatic hydroxyl groups is 1. The highest BCUT2D eigenvalue weighted by molar-refractivity contribution is 7.62. The Balaban J connectivity index is 2.06. The second-order valence-corrected chi connectivity index (χ2v) is 13.3. The molecular formula is C30H46NO8P. The average Bonchev–Trinajstić information content (AvgIpc) is 3.29. The summed E-state index contributed by atoms with van der Waals surface area (Å²) < 4.78 is 29.2. The molecule has 1 heterocycles. The number of esters is 3. The fourth-order valence-electron chi connectivity index (χ4n) is 5.17. The molecule has 0 spiro atoms. The summed E-state index contributed by atoms with van der Waals surface area (Å²) in [6.07, 6.45) is 5.88. The standard InChI is InChI=1S/C30H46NO8P/c1-8-23-21(6)25-17-39-30(35)26(25)27(32)24(23)15-14-19(4)13-11-12-16-40(36,18-20(5)28(33)37-9-2)31-22(7)29(34)38-10-3/h14,20,22,32H,8-13,15-18H2,1-7H3,(H,31,36)/b19-14+/t20-,22-,40?/m0/s1. The highest BCUT2D eigenvalue weighted by Gasteiger charge is 2.32. The van der Waals surface area contributed by atoms with E-state index in [9.17, 15) is 24.1 Å². The van der Waals surface area contributed by atoms with Crippen LogP contribution in [-0.2, 0) is 47.8 Å². The second kappa shape index (κ2) is 15.4. The van der Waals surface area contributed by atoms with Gasteiger partial charge in [0.25, 0.3) is 0 Å². The number of fused-ring (bicyclic) bond motifs is 1. The van der Waals surface area contributed by atoms with Crippen LogP contribution >= 0.6 is 7.29 Å². The Morgan fingerprint density at radius 3 is 2.38 bits per heavy atom. The zero-order chi connectivity index (χ0) is 30.0. The number of phenols is 1. The SMILES string of the molecule is CCOC(=O)[C@H](C)NP(=O)(CCCC/C(C)=C/Cc1c(O)c2c(c(C)c1CC)COC2=O)C[C@H](C)C(=O)OCC. The maximum atomic E-state index is 13.9. The molecule has 0 fully saturated rings. The molecule has 1 unspecified atom stereocenters. The fraction of sp³-hybridized carbons (Fsp3) is 0.633. The quantitative estimate of drug-likeness (QED) is 0.0844. The molecule has 40 heavy (non-hydrogen) atoms. The van der Waals surface area contributed by atoms with Crippen LogP contribution in [0, 0.1) is 12.8 Å². The van der Waals surface area contributed by atoms with Crippen LogP contribution in [0.3, 0.4) is 0 Å². The molecule has 2 N–H and O–H groups in total. The van der Waals surface area contributed by atoms with Gasteiger partial charge in [0, 0.05) is 23.5 Å². The molecule has 3 atom stereocenters. The Kier molecular flexibility index (Phi) is 12.9. The number of hydrogen-bond acceptors (Lipinski definition) is 8. The Labute approximate surface area is 238 Å². The van der Waals surface area contributed by atoms with Gasteiger partial charge in [-0.3, -0.25) is 14.7 Å². The van der Waals surface area contributed by atoms with Crippen LogP contribution in [0.25, 0.3) is 0 Å². The smallest absolute Gasteiger partial charge is 0.342 e. The van der Waals surface area contributed by atoms with E-state index in [1.54, 1.807) is 27.7 Å². The number of benzene rings is 1. The molecule has 1 aliphatic rings. The highest BCUT2D eigenvalue weighted by Crippen LogP contribution is 2.45. The number of carbonyl (C=O) groups excluding carboxylic acids is 3. The number of cyclic esters (lactones) is 1. The molecule has 0 bridgehead atoms. The van der Waals surface area contributed by atoms with E-state index in [1.165, 1.54) is 0 Å². The molecule has 1 aromatic rings. The van der Waals surface area contributed by atoms with E-state index in [2.05, 4.69) is 11.2 Å². The van der Waals surface area contributed by atoms with Crippen LogP contribution in [-0.4, -0.2) is 54.6 Å². The molecule has 2 rings (SSSR count). The first-order valence-corrected chi connectivity index (χ1v) is 16.3. The molecule has 224 valence electrons.